The minimum Gasteiger partial charge on any atom is -0.489 e. The highest BCUT2D eigenvalue weighted by Gasteiger charge is 2.36. The highest BCUT2D eigenvalue weighted by atomic mass is 19.4. The number of hydrogen-bond donors (Lipinski definition) is 4. The number of alkyl halides is 3. The number of benzene rings is 2. The molecule has 3 amide bonds. The average Bonchev–Trinajstić information content (AvgIpc) is 3.41. The van der Waals surface area contributed by atoms with E-state index in [0.717, 1.165) is 25.5 Å². The van der Waals surface area contributed by atoms with Crippen molar-refractivity contribution in [1.29, 1.82) is 0 Å². The lowest BCUT2D eigenvalue weighted by atomic mass is 10.1. The standard InChI is InChI=1S/C26H26F3N5O4/c1-30-24(35)22-14-19(10-12-32-22)38-18-7-2-5-16(13-18)33-25(36)34-21-9-3-8-20(26(27,28)29)23(21)37-15-17-6-4-11-31-17/h2-3,5,7-10,12-14,17,31H,4,6,11,15H2,1H3,(H,30,35)(H2,33,34,36). The Hall–Kier alpha value is -4.32. The summed E-state index contributed by atoms with van der Waals surface area (Å²) in [5.41, 5.74) is -0.593. The fourth-order valence-electron chi connectivity index (χ4n) is 3.88. The van der Waals surface area contributed by atoms with Gasteiger partial charge in [-0.15, -0.1) is 0 Å². The number of rotatable bonds is 8. The van der Waals surface area contributed by atoms with Gasteiger partial charge in [0.1, 0.15) is 23.8 Å². The number of para-hydroxylation sites is 1. The van der Waals surface area contributed by atoms with E-state index in [9.17, 15) is 22.8 Å². The molecule has 1 fully saturated rings. The lowest BCUT2D eigenvalue weighted by Crippen LogP contribution is -2.29. The lowest BCUT2D eigenvalue weighted by Gasteiger charge is -2.20. The monoisotopic (exact) mass is 529 g/mol. The van der Waals surface area contributed by atoms with Crippen LogP contribution in [-0.4, -0.2) is 43.2 Å². The van der Waals surface area contributed by atoms with E-state index in [0.29, 0.717) is 17.2 Å². The topological polar surface area (TPSA) is 114 Å². The zero-order chi connectivity index (χ0) is 27.1. The molecular weight excluding hydrogens is 503 g/mol. The molecule has 0 saturated carbocycles. The van der Waals surface area contributed by atoms with Crippen LogP contribution in [0.1, 0.15) is 28.9 Å². The minimum absolute atomic E-state index is 0.0411. The van der Waals surface area contributed by atoms with E-state index in [1.54, 1.807) is 24.3 Å². The molecule has 0 radical (unpaired) electrons. The van der Waals surface area contributed by atoms with Crippen molar-refractivity contribution in [2.75, 3.05) is 30.8 Å². The van der Waals surface area contributed by atoms with Crippen molar-refractivity contribution >= 4 is 23.3 Å². The predicted molar refractivity (Wildman–Crippen MR) is 135 cm³/mol. The molecule has 200 valence electrons. The molecule has 4 N–H and O–H groups in total. The van der Waals surface area contributed by atoms with E-state index in [1.807, 2.05) is 0 Å². The second-order valence-corrected chi connectivity index (χ2v) is 8.45. The van der Waals surface area contributed by atoms with Gasteiger partial charge in [0.05, 0.1) is 11.3 Å². The number of aromatic nitrogens is 1. The van der Waals surface area contributed by atoms with Crippen LogP contribution in [0.3, 0.4) is 0 Å². The molecule has 12 heteroatoms. The third kappa shape index (κ3) is 6.91. The number of urea groups is 1. The number of nitrogens with zero attached hydrogens (tertiary/aromatic N) is 1. The molecule has 3 aromatic rings. The molecule has 1 aromatic heterocycles. The smallest absolute Gasteiger partial charge is 0.420 e. The Morgan fingerprint density at radius 2 is 1.87 bits per heavy atom. The molecule has 2 heterocycles. The van der Waals surface area contributed by atoms with Crippen LogP contribution in [0.4, 0.5) is 29.3 Å². The van der Waals surface area contributed by atoms with Crippen molar-refractivity contribution in [3.05, 3.63) is 72.1 Å². The van der Waals surface area contributed by atoms with E-state index in [4.69, 9.17) is 9.47 Å². The van der Waals surface area contributed by atoms with Crippen molar-refractivity contribution in [2.24, 2.45) is 0 Å². The Kier molecular flexibility index (Phi) is 8.31. The molecule has 1 atom stereocenters. The Bertz CT molecular complexity index is 1300. The Labute approximate surface area is 216 Å². The molecule has 4 rings (SSSR count). The maximum absolute atomic E-state index is 13.7. The van der Waals surface area contributed by atoms with Crippen molar-refractivity contribution in [3.8, 4) is 17.2 Å². The summed E-state index contributed by atoms with van der Waals surface area (Å²) in [6, 6.07) is 12.0. The summed E-state index contributed by atoms with van der Waals surface area (Å²) in [6.07, 6.45) is -1.53. The highest BCUT2D eigenvalue weighted by Crippen LogP contribution is 2.40. The molecule has 0 spiro atoms. The molecule has 1 aliphatic rings. The zero-order valence-electron chi connectivity index (χ0n) is 20.4. The third-order valence-electron chi connectivity index (χ3n) is 5.68. The van der Waals surface area contributed by atoms with Gasteiger partial charge in [0, 0.05) is 37.1 Å². The fraction of sp³-hybridized carbons (Fsp3) is 0.269. The van der Waals surface area contributed by atoms with Gasteiger partial charge in [-0.25, -0.2) is 4.79 Å². The summed E-state index contributed by atoms with van der Waals surface area (Å²) in [4.78, 5) is 28.5. The highest BCUT2D eigenvalue weighted by molar-refractivity contribution is 6.01. The first-order chi connectivity index (χ1) is 18.2. The second kappa shape index (κ2) is 11.8. The van der Waals surface area contributed by atoms with Gasteiger partial charge >= 0.3 is 12.2 Å². The molecular formula is C26H26F3N5O4. The van der Waals surface area contributed by atoms with Crippen LogP contribution >= 0.6 is 0 Å². The number of halogens is 3. The first kappa shape index (κ1) is 26.7. The number of nitrogens with one attached hydrogen (secondary N) is 4. The molecule has 9 nitrogen and oxygen atoms in total. The number of pyridine rings is 1. The number of ether oxygens (including phenoxy) is 2. The van der Waals surface area contributed by atoms with E-state index in [2.05, 4.69) is 26.3 Å². The quantitative estimate of drug-likeness (QED) is 0.326. The van der Waals surface area contributed by atoms with Gasteiger partial charge in [0.25, 0.3) is 5.91 Å². The first-order valence-electron chi connectivity index (χ1n) is 11.8. The summed E-state index contributed by atoms with van der Waals surface area (Å²) < 4.78 is 52.3. The van der Waals surface area contributed by atoms with Crippen LogP contribution in [0.2, 0.25) is 0 Å². The first-order valence-corrected chi connectivity index (χ1v) is 11.8. The van der Waals surface area contributed by atoms with Crippen LogP contribution in [0, 0.1) is 0 Å². The zero-order valence-corrected chi connectivity index (χ0v) is 20.4. The number of amides is 3. The van der Waals surface area contributed by atoms with Crippen LogP contribution in [0.15, 0.2) is 60.8 Å². The molecule has 0 aliphatic carbocycles. The number of hydrogen-bond acceptors (Lipinski definition) is 6. The van der Waals surface area contributed by atoms with Crippen molar-refractivity contribution in [3.63, 3.8) is 0 Å². The van der Waals surface area contributed by atoms with Crippen LogP contribution < -0.4 is 30.7 Å². The maximum atomic E-state index is 13.7. The van der Waals surface area contributed by atoms with Gasteiger partial charge in [0.15, 0.2) is 5.75 Å². The van der Waals surface area contributed by atoms with Gasteiger partial charge in [0.2, 0.25) is 0 Å². The molecule has 0 bridgehead atoms. The minimum atomic E-state index is -4.66. The van der Waals surface area contributed by atoms with Gasteiger partial charge in [-0.05, 0) is 49.7 Å². The Balaban J connectivity index is 1.46. The summed E-state index contributed by atoms with van der Waals surface area (Å²) >= 11 is 0. The van der Waals surface area contributed by atoms with Crippen LogP contribution in [-0.2, 0) is 6.18 Å². The Morgan fingerprint density at radius 3 is 2.61 bits per heavy atom. The van der Waals surface area contributed by atoms with Crippen molar-refractivity contribution in [2.45, 2.75) is 25.1 Å². The third-order valence-corrected chi connectivity index (χ3v) is 5.68. The normalized spacial score (nSPS) is 15.0. The van der Waals surface area contributed by atoms with E-state index < -0.39 is 23.5 Å². The van der Waals surface area contributed by atoms with E-state index in [1.165, 1.54) is 37.5 Å². The summed E-state index contributed by atoms with van der Waals surface area (Å²) in [7, 11) is 1.49. The lowest BCUT2D eigenvalue weighted by molar-refractivity contribution is -0.138. The molecule has 1 aliphatic heterocycles. The van der Waals surface area contributed by atoms with Crippen LogP contribution in [0.25, 0.3) is 0 Å². The number of carbonyl (C=O) groups excluding carboxylic acids is 2. The van der Waals surface area contributed by atoms with Gasteiger partial charge in [-0.3, -0.25) is 9.78 Å². The number of carbonyl (C=O) groups is 2. The SMILES string of the molecule is CNC(=O)c1cc(Oc2cccc(NC(=O)Nc3cccc(C(F)(F)F)c3OCC3CCCN3)c2)ccn1. The number of anilines is 2. The average molecular weight is 530 g/mol. The fourth-order valence-corrected chi connectivity index (χ4v) is 3.88. The second-order valence-electron chi connectivity index (χ2n) is 8.45. The Morgan fingerprint density at radius 1 is 1.08 bits per heavy atom. The maximum Gasteiger partial charge on any atom is 0.420 e. The van der Waals surface area contributed by atoms with Crippen molar-refractivity contribution in [1.82, 2.24) is 15.6 Å². The molecule has 1 saturated heterocycles. The molecule has 1 unspecified atom stereocenters. The van der Waals surface area contributed by atoms with Crippen molar-refractivity contribution < 1.29 is 32.2 Å². The van der Waals surface area contributed by atoms with Crippen LogP contribution in [0.5, 0.6) is 17.2 Å². The predicted octanol–water partition coefficient (Wildman–Crippen LogP) is 5.03. The summed E-state index contributed by atoms with van der Waals surface area (Å²) in [5.74, 6) is -0.114. The largest absolute Gasteiger partial charge is 0.489 e. The van der Waals surface area contributed by atoms with Gasteiger partial charge in [-0.1, -0.05) is 12.1 Å². The molecule has 2 aromatic carbocycles. The van der Waals surface area contributed by atoms with Gasteiger partial charge < -0.3 is 30.7 Å². The molecule has 38 heavy (non-hydrogen) atoms. The van der Waals surface area contributed by atoms with Gasteiger partial charge in [-0.2, -0.15) is 13.2 Å². The summed E-state index contributed by atoms with van der Waals surface area (Å²) in [5, 5.41) is 10.7. The van der Waals surface area contributed by atoms with E-state index in [-0.39, 0.29) is 29.9 Å². The van der Waals surface area contributed by atoms with E-state index >= 15 is 0 Å². The summed E-state index contributed by atoms with van der Waals surface area (Å²) in [6.45, 7) is 0.820.